The van der Waals surface area contributed by atoms with Gasteiger partial charge < -0.3 is 10.6 Å². The molecule has 1 fully saturated rings. The Morgan fingerprint density at radius 3 is 2.17 bits per heavy atom. The highest BCUT2D eigenvalue weighted by Crippen LogP contribution is 2.20. The average Bonchev–Trinajstić information content (AvgIpc) is 2.54. The molecule has 7 nitrogen and oxygen atoms in total. The second-order valence-electron chi connectivity index (χ2n) is 6.88. The standard InChI is InChI=1S/C17H32N4O3/c1-6-18-17(24)20-15(22)13(5)21-9-7-14(8-10-21)16(23)19-12(4)11(2)3/h11-14H,6-10H2,1-5H3,(H,19,23)(H2,18,20,22,24)/t12-,13-/m1/s1. The van der Waals surface area contributed by atoms with Crippen LogP contribution in [-0.2, 0) is 9.59 Å². The molecule has 0 aromatic rings. The number of imide groups is 1. The Hall–Kier alpha value is -1.63. The van der Waals surface area contributed by atoms with Gasteiger partial charge in [-0.2, -0.15) is 0 Å². The highest BCUT2D eigenvalue weighted by atomic mass is 16.2. The van der Waals surface area contributed by atoms with E-state index in [0.717, 1.165) is 12.8 Å². The van der Waals surface area contributed by atoms with Crippen LogP contribution in [0.4, 0.5) is 4.79 Å². The maximum atomic E-state index is 12.3. The van der Waals surface area contributed by atoms with Crippen molar-refractivity contribution in [1.29, 1.82) is 0 Å². The largest absolute Gasteiger partial charge is 0.353 e. The van der Waals surface area contributed by atoms with Gasteiger partial charge in [0.15, 0.2) is 0 Å². The van der Waals surface area contributed by atoms with Crippen LogP contribution in [0.2, 0.25) is 0 Å². The summed E-state index contributed by atoms with van der Waals surface area (Å²) < 4.78 is 0. The first-order valence-electron chi connectivity index (χ1n) is 8.89. The van der Waals surface area contributed by atoms with Gasteiger partial charge in [-0.25, -0.2) is 4.79 Å². The summed E-state index contributed by atoms with van der Waals surface area (Å²) in [6, 6.07) is -0.685. The summed E-state index contributed by atoms with van der Waals surface area (Å²) in [7, 11) is 0. The Labute approximate surface area is 144 Å². The molecule has 0 radical (unpaired) electrons. The Morgan fingerprint density at radius 1 is 1.08 bits per heavy atom. The van der Waals surface area contributed by atoms with Crippen LogP contribution in [0.1, 0.15) is 47.5 Å². The fourth-order valence-electron chi connectivity index (χ4n) is 2.64. The molecule has 3 N–H and O–H groups in total. The minimum absolute atomic E-state index is 0.00102. The number of urea groups is 1. The molecule has 1 rings (SSSR count). The number of likely N-dealkylation sites (tertiary alicyclic amines) is 1. The second kappa shape index (κ2) is 9.61. The Bertz CT molecular complexity index is 445. The number of hydrogen-bond donors (Lipinski definition) is 3. The zero-order valence-electron chi connectivity index (χ0n) is 15.5. The van der Waals surface area contributed by atoms with Gasteiger partial charge in [-0.05, 0) is 52.6 Å². The van der Waals surface area contributed by atoms with Crippen molar-refractivity contribution < 1.29 is 14.4 Å². The van der Waals surface area contributed by atoms with Gasteiger partial charge in [0.05, 0.1) is 6.04 Å². The van der Waals surface area contributed by atoms with Crippen LogP contribution >= 0.6 is 0 Å². The lowest BCUT2D eigenvalue weighted by Gasteiger charge is -2.35. The molecule has 0 aromatic heterocycles. The molecule has 1 saturated heterocycles. The van der Waals surface area contributed by atoms with Crippen LogP contribution in [0.15, 0.2) is 0 Å². The molecule has 0 saturated carbocycles. The minimum Gasteiger partial charge on any atom is -0.353 e. The second-order valence-corrected chi connectivity index (χ2v) is 6.88. The molecule has 1 heterocycles. The molecule has 2 atom stereocenters. The summed E-state index contributed by atoms with van der Waals surface area (Å²) in [6.45, 7) is 11.6. The van der Waals surface area contributed by atoms with E-state index in [1.54, 1.807) is 13.8 Å². The quantitative estimate of drug-likeness (QED) is 0.675. The number of nitrogens with zero attached hydrogens (tertiary/aromatic N) is 1. The number of carbonyl (C=O) groups excluding carboxylic acids is 3. The fraction of sp³-hybridized carbons (Fsp3) is 0.824. The van der Waals surface area contributed by atoms with E-state index in [1.807, 2.05) is 11.8 Å². The van der Waals surface area contributed by atoms with Crippen molar-refractivity contribution >= 4 is 17.8 Å². The van der Waals surface area contributed by atoms with Crippen LogP contribution in [0, 0.1) is 11.8 Å². The van der Waals surface area contributed by atoms with Gasteiger partial charge in [-0.1, -0.05) is 13.8 Å². The van der Waals surface area contributed by atoms with E-state index >= 15 is 0 Å². The molecule has 138 valence electrons. The fourth-order valence-corrected chi connectivity index (χ4v) is 2.64. The molecule has 7 heteroatoms. The maximum absolute atomic E-state index is 12.3. The molecule has 0 unspecified atom stereocenters. The smallest absolute Gasteiger partial charge is 0.321 e. The van der Waals surface area contributed by atoms with Crippen molar-refractivity contribution in [2.75, 3.05) is 19.6 Å². The van der Waals surface area contributed by atoms with Crippen molar-refractivity contribution in [3.8, 4) is 0 Å². The maximum Gasteiger partial charge on any atom is 0.321 e. The van der Waals surface area contributed by atoms with E-state index in [1.165, 1.54) is 0 Å². The number of nitrogens with one attached hydrogen (secondary N) is 3. The average molecular weight is 340 g/mol. The molecule has 0 bridgehead atoms. The summed E-state index contributed by atoms with van der Waals surface area (Å²) >= 11 is 0. The number of carbonyl (C=O) groups is 3. The first-order valence-corrected chi connectivity index (χ1v) is 8.89. The van der Waals surface area contributed by atoms with E-state index < -0.39 is 6.03 Å². The van der Waals surface area contributed by atoms with Gasteiger partial charge in [0, 0.05) is 18.5 Å². The number of amides is 4. The normalized spacial score (nSPS) is 18.8. The Kier molecular flexibility index (Phi) is 8.18. The monoisotopic (exact) mass is 340 g/mol. The van der Waals surface area contributed by atoms with E-state index in [0.29, 0.717) is 25.6 Å². The van der Waals surface area contributed by atoms with E-state index in [-0.39, 0.29) is 29.8 Å². The third-order valence-corrected chi connectivity index (χ3v) is 4.77. The van der Waals surface area contributed by atoms with Crippen molar-refractivity contribution in [2.45, 2.75) is 59.5 Å². The predicted octanol–water partition coefficient (Wildman–Crippen LogP) is 1.09. The van der Waals surface area contributed by atoms with Gasteiger partial charge in [0.1, 0.15) is 0 Å². The molecule has 0 aromatic carbocycles. The van der Waals surface area contributed by atoms with Gasteiger partial charge in [0.2, 0.25) is 11.8 Å². The van der Waals surface area contributed by atoms with E-state index in [2.05, 4.69) is 29.8 Å². The van der Waals surface area contributed by atoms with Crippen LogP contribution < -0.4 is 16.0 Å². The lowest BCUT2D eigenvalue weighted by molar-refractivity contribution is -0.128. The summed E-state index contributed by atoms with van der Waals surface area (Å²) in [4.78, 5) is 37.8. The molecular formula is C17H32N4O3. The van der Waals surface area contributed by atoms with Crippen molar-refractivity contribution in [1.82, 2.24) is 20.9 Å². The molecule has 1 aliphatic heterocycles. The first kappa shape index (κ1) is 20.4. The zero-order valence-corrected chi connectivity index (χ0v) is 15.5. The summed E-state index contributed by atoms with van der Waals surface area (Å²) in [6.07, 6.45) is 1.46. The predicted molar refractivity (Wildman–Crippen MR) is 93.4 cm³/mol. The highest BCUT2D eigenvalue weighted by Gasteiger charge is 2.30. The third kappa shape index (κ3) is 6.11. The lowest BCUT2D eigenvalue weighted by Crippen LogP contribution is -2.52. The van der Waals surface area contributed by atoms with Gasteiger partial charge in [-0.3, -0.25) is 19.8 Å². The molecule has 1 aliphatic rings. The van der Waals surface area contributed by atoms with Crippen molar-refractivity contribution in [3.63, 3.8) is 0 Å². The van der Waals surface area contributed by atoms with E-state index in [4.69, 9.17) is 0 Å². The van der Waals surface area contributed by atoms with E-state index in [9.17, 15) is 14.4 Å². The van der Waals surface area contributed by atoms with Crippen LogP contribution in [-0.4, -0.2) is 54.5 Å². The Balaban J connectivity index is 2.43. The number of piperidine rings is 1. The molecular weight excluding hydrogens is 308 g/mol. The topological polar surface area (TPSA) is 90.5 Å². The third-order valence-electron chi connectivity index (χ3n) is 4.77. The highest BCUT2D eigenvalue weighted by molar-refractivity contribution is 5.96. The van der Waals surface area contributed by atoms with Crippen LogP contribution in [0.5, 0.6) is 0 Å². The number of rotatable bonds is 6. The lowest BCUT2D eigenvalue weighted by atomic mass is 9.94. The molecule has 24 heavy (non-hydrogen) atoms. The minimum atomic E-state index is -0.466. The Morgan fingerprint density at radius 2 is 1.67 bits per heavy atom. The van der Waals surface area contributed by atoms with Gasteiger partial charge in [-0.15, -0.1) is 0 Å². The molecule has 0 spiro atoms. The molecule has 0 aliphatic carbocycles. The summed E-state index contributed by atoms with van der Waals surface area (Å²) in [5.41, 5.74) is 0. The van der Waals surface area contributed by atoms with Crippen molar-refractivity contribution in [3.05, 3.63) is 0 Å². The summed E-state index contributed by atoms with van der Waals surface area (Å²) in [5, 5.41) is 7.95. The van der Waals surface area contributed by atoms with Gasteiger partial charge >= 0.3 is 6.03 Å². The first-order chi connectivity index (χ1) is 11.3. The molecule has 4 amide bonds. The summed E-state index contributed by atoms with van der Waals surface area (Å²) in [5.74, 6) is 0.209. The van der Waals surface area contributed by atoms with Crippen LogP contribution in [0.3, 0.4) is 0 Å². The zero-order chi connectivity index (χ0) is 18.3. The van der Waals surface area contributed by atoms with Gasteiger partial charge in [0.25, 0.3) is 0 Å². The van der Waals surface area contributed by atoms with Crippen LogP contribution in [0.25, 0.3) is 0 Å². The van der Waals surface area contributed by atoms with Crippen molar-refractivity contribution in [2.24, 2.45) is 11.8 Å². The number of hydrogen-bond acceptors (Lipinski definition) is 4. The SMILES string of the molecule is CCNC(=O)NC(=O)[C@@H](C)N1CCC(C(=O)N[C@H](C)C(C)C)CC1.